The van der Waals surface area contributed by atoms with Crippen LogP contribution in [0.1, 0.15) is 42.6 Å². The first-order chi connectivity index (χ1) is 20.6. The van der Waals surface area contributed by atoms with Gasteiger partial charge in [-0.25, -0.2) is 9.59 Å². The molecule has 44 heavy (non-hydrogen) atoms. The Labute approximate surface area is 249 Å². The minimum Gasteiger partial charge on any atom is -0.504 e. The summed E-state index contributed by atoms with van der Waals surface area (Å²) in [7, 11) is 2.00. The number of esters is 1. The van der Waals surface area contributed by atoms with Crippen molar-refractivity contribution in [2.24, 2.45) is 0 Å². The number of likely N-dealkylation sites (tertiary alicyclic amines) is 1. The van der Waals surface area contributed by atoms with Crippen molar-refractivity contribution < 1.29 is 57.5 Å². The third kappa shape index (κ3) is 4.96. The second kappa shape index (κ2) is 11.1. The summed E-state index contributed by atoms with van der Waals surface area (Å²) in [6.45, 7) is 2.20. The monoisotopic (exact) mass is 620 g/mol. The number of carbonyl (C=O) groups excluding carboxylic acids is 2. The van der Waals surface area contributed by atoms with Crippen molar-refractivity contribution in [3.05, 3.63) is 71.0 Å². The number of carboxylic acids is 1. The van der Waals surface area contributed by atoms with Gasteiger partial charge in [0.15, 0.2) is 23.7 Å². The van der Waals surface area contributed by atoms with Crippen LogP contribution in [-0.4, -0.2) is 86.7 Å². The molecule has 1 fully saturated rings. The average Bonchev–Trinajstić information content (AvgIpc) is 3.34. The number of piperidine rings is 1. The molecular weight excluding hydrogens is 589 g/mol. The molecule has 6 atom stereocenters. The Morgan fingerprint density at radius 2 is 1.82 bits per heavy atom. The number of halogens is 3. The number of nitrogens with one attached hydrogen (secondary N) is 1. The molecule has 0 aromatic heterocycles. The molecule has 5 N–H and O–H groups in total. The van der Waals surface area contributed by atoms with Crippen molar-refractivity contribution in [1.82, 2.24) is 10.2 Å². The number of aliphatic hydroxyl groups is 2. The van der Waals surface area contributed by atoms with Crippen molar-refractivity contribution in [2.45, 2.75) is 67.7 Å². The highest BCUT2D eigenvalue weighted by Crippen LogP contribution is 2.65. The van der Waals surface area contributed by atoms with Gasteiger partial charge in [0.1, 0.15) is 11.8 Å². The van der Waals surface area contributed by atoms with E-state index in [1.807, 2.05) is 13.1 Å². The molecule has 14 heteroatoms. The van der Waals surface area contributed by atoms with E-state index in [9.17, 15) is 38.1 Å². The highest BCUT2D eigenvalue weighted by atomic mass is 19.4. The number of likely N-dealkylation sites (N-methyl/N-ethyl adjacent to an activating group) is 1. The summed E-state index contributed by atoms with van der Waals surface area (Å²) >= 11 is 0. The summed E-state index contributed by atoms with van der Waals surface area (Å²) in [4.78, 5) is 36.7. The van der Waals surface area contributed by atoms with Gasteiger partial charge < -0.3 is 40.1 Å². The summed E-state index contributed by atoms with van der Waals surface area (Å²) in [5.74, 6) is -3.61. The number of hydrogen-bond donors (Lipinski definition) is 5. The predicted octanol–water partition coefficient (Wildman–Crippen LogP) is 2.08. The van der Waals surface area contributed by atoms with E-state index in [1.54, 1.807) is 42.5 Å². The predicted molar refractivity (Wildman–Crippen MR) is 145 cm³/mol. The molecule has 2 aromatic rings. The van der Waals surface area contributed by atoms with Gasteiger partial charge in [0.05, 0.1) is 11.0 Å². The first kappa shape index (κ1) is 31.3. The van der Waals surface area contributed by atoms with Crippen molar-refractivity contribution in [1.29, 1.82) is 0 Å². The van der Waals surface area contributed by atoms with Gasteiger partial charge in [-0.2, -0.15) is 13.2 Å². The van der Waals surface area contributed by atoms with Gasteiger partial charge in [-0.3, -0.25) is 4.79 Å². The number of nitrogens with zero attached hydrogens (tertiary/aromatic N) is 1. The van der Waals surface area contributed by atoms with Crippen LogP contribution >= 0.6 is 0 Å². The van der Waals surface area contributed by atoms with Crippen LogP contribution in [0.25, 0.3) is 0 Å². The first-order valence-corrected chi connectivity index (χ1v) is 13.8. The van der Waals surface area contributed by atoms with E-state index in [0.717, 1.165) is 11.1 Å². The third-order valence-corrected chi connectivity index (χ3v) is 8.89. The molecule has 2 aliphatic carbocycles. The van der Waals surface area contributed by atoms with Crippen LogP contribution in [0.5, 0.6) is 11.5 Å². The maximum Gasteiger partial charge on any atom is 0.490 e. The normalized spacial score (nSPS) is 27.8. The van der Waals surface area contributed by atoms with Crippen LogP contribution in [0.2, 0.25) is 0 Å². The van der Waals surface area contributed by atoms with Gasteiger partial charge in [-0.15, -0.1) is 0 Å². The summed E-state index contributed by atoms with van der Waals surface area (Å²) in [5.41, 5.74) is 0.201. The Kier molecular flexibility index (Phi) is 7.89. The van der Waals surface area contributed by atoms with Gasteiger partial charge >= 0.3 is 18.1 Å². The van der Waals surface area contributed by atoms with E-state index < -0.39 is 53.3 Å². The number of amides is 1. The van der Waals surface area contributed by atoms with E-state index in [2.05, 4.69) is 10.2 Å². The van der Waals surface area contributed by atoms with E-state index in [1.165, 1.54) is 6.92 Å². The fraction of sp³-hybridized carbons (Fsp3) is 0.433. The molecule has 0 saturated carbocycles. The van der Waals surface area contributed by atoms with E-state index in [0.29, 0.717) is 30.7 Å². The Morgan fingerprint density at radius 3 is 2.45 bits per heavy atom. The van der Waals surface area contributed by atoms with Crippen molar-refractivity contribution in [3.63, 3.8) is 0 Å². The smallest absolute Gasteiger partial charge is 0.490 e. The zero-order chi connectivity index (χ0) is 32.2. The van der Waals surface area contributed by atoms with E-state index in [-0.39, 0.29) is 24.0 Å². The number of phenolic OH excluding ortho intramolecular Hbond substituents is 1. The molecule has 236 valence electrons. The Balaban J connectivity index is 0.000000493. The summed E-state index contributed by atoms with van der Waals surface area (Å²) < 4.78 is 43.8. The number of aliphatic hydroxyl groups excluding tert-OH is 1. The molecule has 4 aliphatic rings. The topological polar surface area (TPSA) is 166 Å². The number of carbonyl (C=O) groups is 3. The standard InChI is InChI=1S/C28H30N2O7.C2HF3O2/c1-15(29-25(33)22(32)16-6-4-3-5-7-16)26(34)36-19-10-11-28(35)20-14-17-8-9-18(31)23-21(17)27(28,24(19)37-23)12-13-30(20)2;3-2(4,5)1(6)7/h3-10,15,20,22,24,31-32,35H,11-14H2,1-2H3,(H,29,33);(H,6,7)/t15?,20-,22+,24+,27+,28-;/m1./s1. The minimum absolute atomic E-state index is 0.0107. The average molecular weight is 621 g/mol. The number of benzene rings is 2. The van der Waals surface area contributed by atoms with Crippen LogP contribution in [0.4, 0.5) is 13.2 Å². The second-order valence-corrected chi connectivity index (χ2v) is 11.4. The van der Waals surface area contributed by atoms with Gasteiger partial charge in [0.25, 0.3) is 5.91 Å². The Bertz CT molecular complexity index is 1520. The number of phenols is 1. The number of carboxylic acid groups (broad SMARTS) is 1. The maximum absolute atomic E-state index is 13.1. The largest absolute Gasteiger partial charge is 0.504 e. The number of ether oxygens (including phenoxy) is 2. The van der Waals surface area contributed by atoms with Gasteiger partial charge in [-0.1, -0.05) is 36.4 Å². The molecule has 1 amide bonds. The lowest BCUT2D eigenvalue weighted by Gasteiger charge is -2.61. The van der Waals surface area contributed by atoms with Crippen molar-refractivity contribution in [2.75, 3.05) is 13.6 Å². The lowest BCUT2D eigenvalue weighted by Crippen LogP contribution is -2.74. The first-order valence-electron chi connectivity index (χ1n) is 13.8. The Morgan fingerprint density at radius 1 is 1.16 bits per heavy atom. The van der Waals surface area contributed by atoms with E-state index in [4.69, 9.17) is 19.4 Å². The summed E-state index contributed by atoms with van der Waals surface area (Å²) in [6.07, 6.45) is -4.17. The third-order valence-electron chi connectivity index (χ3n) is 8.89. The summed E-state index contributed by atoms with van der Waals surface area (Å²) in [6, 6.07) is 10.7. The van der Waals surface area contributed by atoms with Gasteiger partial charge in [0.2, 0.25) is 0 Å². The fourth-order valence-electron chi connectivity index (χ4n) is 6.78. The lowest BCUT2D eigenvalue weighted by atomic mass is 9.50. The van der Waals surface area contributed by atoms with Crippen LogP contribution in [0, 0.1) is 0 Å². The zero-order valence-corrected chi connectivity index (χ0v) is 23.7. The second-order valence-electron chi connectivity index (χ2n) is 11.4. The molecule has 2 aliphatic heterocycles. The zero-order valence-electron chi connectivity index (χ0n) is 23.7. The highest BCUT2D eigenvalue weighted by Gasteiger charge is 2.72. The SMILES string of the molecule is CC(NC(=O)[C@@H](O)c1ccccc1)C(=O)OC1=CC[C@@]2(O)[C@H]3Cc4ccc(O)c5c4[C@@]2(CCN3C)[C@H]1O5.O=C(O)C(F)(F)F. The molecule has 0 radical (unpaired) electrons. The summed E-state index contributed by atoms with van der Waals surface area (Å²) in [5, 5.41) is 42.8. The minimum atomic E-state index is -5.08. The number of hydrogen-bond acceptors (Lipinski definition) is 9. The molecular formula is C30H31F3N2O9. The van der Waals surface area contributed by atoms with Crippen LogP contribution in [-0.2, 0) is 31.0 Å². The van der Waals surface area contributed by atoms with E-state index >= 15 is 0 Å². The molecule has 11 nitrogen and oxygen atoms in total. The van der Waals surface area contributed by atoms with Gasteiger partial charge in [0, 0.05) is 18.0 Å². The fourth-order valence-corrected chi connectivity index (χ4v) is 6.78. The lowest BCUT2D eigenvalue weighted by molar-refractivity contribution is -0.192. The van der Waals surface area contributed by atoms with Crippen LogP contribution < -0.4 is 10.1 Å². The quantitative estimate of drug-likeness (QED) is 0.313. The molecule has 2 heterocycles. The molecule has 1 spiro atoms. The van der Waals surface area contributed by atoms with Crippen molar-refractivity contribution in [3.8, 4) is 11.5 Å². The number of rotatable bonds is 5. The molecule has 1 unspecified atom stereocenters. The molecule has 2 bridgehead atoms. The van der Waals surface area contributed by atoms with Crippen molar-refractivity contribution >= 4 is 17.8 Å². The molecule has 1 saturated heterocycles. The number of alkyl halides is 3. The number of aliphatic carboxylic acids is 1. The molecule has 2 aromatic carbocycles. The van der Waals surface area contributed by atoms with Crippen LogP contribution in [0.15, 0.2) is 54.3 Å². The number of aromatic hydroxyl groups is 1. The van der Waals surface area contributed by atoms with Gasteiger partial charge in [-0.05, 0) is 56.6 Å². The highest BCUT2D eigenvalue weighted by molar-refractivity contribution is 5.87. The Hall–Kier alpha value is -4.14. The molecule has 6 rings (SSSR count). The van der Waals surface area contributed by atoms with Crippen LogP contribution in [0.3, 0.4) is 0 Å². The maximum atomic E-state index is 13.1.